The molecule has 2 aromatic carbocycles. The predicted molar refractivity (Wildman–Crippen MR) is 81.5 cm³/mol. The number of benzene rings is 2. The van der Waals surface area contributed by atoms with E-state index in [9.17, 15) is 4.79 Å². The highest BCUT2D eigenvalue weighted by Gasteiger charge is 2.24. The molecule has 2 aromatic rings. The summed E-state index contributed by atoms with van der Waals surface area (Å²) in [6, 6.07) is 13.9. The molecule has 0 spiro atoms. The second-order valence-electron chi connectivity index (χ2n) is 5.26. The van der Waals surface area contributed by atoms with Crippen molar-refractivity contribution in [1.82, 2.24) is 0 Å². The molecule has 3 rings (SSSR count). The number of ether oxygens (including phenoxy) is 3. The van der Waals surface area contributed by atoms with E-state index in [2.05, 4.69) is 6.07 Å². The van der Waals surface area contributed by atoms with Gasteiger partial charge in [0, 0.05) is 19.6 Å². The third kappa shape index (κ3) is 2.83. The van der Waals surface area contributed by atoms with E-state index in [0.717, 1.165) is 28.0 Å². The van der Waals surface area contributed by atoms with Crippen molar-refractivity contribution in [3.8, 4) is 5.75 Å². The highest BCUT2D eigenvalue weighted by molar-refractivity contribution is 5.66. The van der Waals surface area contributed by atoms with E-state index >= 15 is 0 Å². The standard InChI is InChI=1S/C18H18O4/c1-12(19)21-10-13-7-8-16-17(9-13)22-11-14-5-3-4-6-15(14)18(16)20-2/h3-9,18H,10-11H2,1-2H3. The summed E-state index contributed by atoms with van der Waals surface area (Å²) in [4.78, 5) is 10.9. The van der Waals surface area contributed by atoms with Gasteiger partial charge in [0.25, 0.3) is 0 Å². The van der Waals surface area contributed by atoms with Crippen LogP contribution in [0.4, 0.5) is 0 Å². The van der Waals surface area contributed by atoms with Crippen LogP contribution in [0.2, 0.25) is 0 Å². The minimum Gasteiger partial charge on any atom is -0.488 e. The van der Waals surface area contributed by atoms with Crippen LogP contribution < -0.4 is 4.74 Å². The van der Waals surface area contributed by atoms with E-state index < -0.39 is 0 Å². The van der Waals surface area contributed by atoms with Gasteiger partial charge in [-0.1, -0.05) is 36.4 Å². The number of methoxy groups -OCH3 is 1. The number of esters is 1. The maximum Gasteiger partial charge on any atom is 0.302 e. The molecule has 0 bridgehead atoms. The van der Waals surface area contributed by atoms with Gasteiger partial charge in [0.2, 0.25) is 0 Å². The topological polar surface area (TPSA) is 44.8 Å². The summed E-state index contributed by atoms with van der Waals surface area (Å²) in [6.45, 7) is 2.15. The number of rotatable bonds is 3. The van der Waals surface area contributed by atoms with Gasteiger partial charge < -0.3 is 14.2 Å². The number of carbonyl (C=O) groups is 1. The Labute approximate surface area is 129 Å². The second kappa shape index (κ2) is 6.20. The van der Waals surface area contributed by atoms with E-state index in [1.165, 1.54) is 6.92 Å². The zero-order chi connectivity index (χ0) is 15.5. The predicted octanol–water partition coefficient (Wildman–Crippen LogP) is 3.38. The average Bonchev–Trinajstić information content (AvgIpc) is 2.69. The molecule has 1 unspecified atom stereocenters. The van der Waals surface area contributed by atoms with Crippen LogP contribution in [0.25, 0.3) is 0 Å². The van der Waals surface area contributed by atoms with E-state index in [-0.39, 0.29) is 18.7 Å². The van der Waals surface area contributed by atoms with Crippen LogP contribution in [0.5, 0.6) is 5.75 Å². The molecule has 0 aliphatic carbocycles. The first-order valence-electron chi connectivity index (χ1n) is 7.18. The molecular weight excluding hydrogens is 280 g/mol. The third-order valence-corrected chi connectivity index (χ3v) is 3.76. The molecule has 22 heavy (non-hydrogen) atoms. The molecule has 0 radical (unpaired) electrons. The summed E-state index contributed by atoms with van der Waals surface area (Å²) in [5.41, 5.74) is 4.12. The van der Waals surface area contributed by atoms with Crippen molar-refractivity contribution < 1.29 is 19.0 Å². The van der Waals surface area contributed by atoms with Crippen molar-refractivity contribution in [3.63, 3.8) is 0 Å². The Hall–Kier alpha value is -2.33. The molecule has 4 heteroatoms. The van der Waals surface area contributed by atoms with Crippen LogP contribution in [0, 0.1) is 0 Å². The number of hydrogen-bond acceptors (Lipinski definition) is 4. The van der Waals surface area contributed by atoms with Crippen LogP contribution in [0.3, 0.4) is 0 Å². The van der Waals surface area contributed by atoms with Crippen molar-refractivity contribution in [2.75, 3.05) is 7.11 Å². The molecule has 0 aromatic heterocycles. The number of carbonyl (C=O) groups excluding carboxylic acids is 1. The smallest absolute Gasteiger partial charge is 0.302 e. The Morgan fingerprint density at radius 1 is 1.23 bits per heavy atom. The van der Waals surface area contributed by atoms with Gasteiger partial charge in [-0.05, 0) is 22.8 Å². The Morgan fingerprint density at radius 2 is 2.05 bits per heavy atom. The SMILES string of the molecule is COC1c2ccccc2COc2cc(COC(C)=O)ccc21. The van der Waals surface area contributed by atoms with Crippen molar-refractivity contribution in [1.29, 1.82) is 0 Å². The molecule has 1 aliphatic rings. The lowest BCUT2D eigenvalue weighted by molar-refractivity contribution is -0.142. The van der Waals surface area contributed by atoms with Crippen molar-refractivity contribution in [3.05, 3.63) is 64.7 Å². The van der Waals surface area contributed by atoms with E-state index in [1.807, 2.05) is 36.4 Å². The Morgan fingerprint density at radius 3 is 2.82 bits per heavy atom. The normalized spacial score (nSPS) is 16.0. The first-order valence-corrected chi connectivity index (χ1v) is 7.18. The van der Waals surface area contributed by atoms with Crippen molar-refractivity contribution in [2.45, 2.75) is 26.2 Å². The summed E-state index contributed by atoms with van der Waals surface area (Å²) in [7, 11) is 1.70. The summed E-state index contributed by atoms with van der Waals surface area (Å²) in [5, 5.41) is 0. The molecule has 4 nitrogen and oxygen atoms in total. The van der Waals surface area contributed by atoms with Gasteiger partial charge in [-0.25, -0.2) is 0 Å². The van der Waals surface area contributed by atoms with Gasteiger partial charge in [0.05, 0.1) is 0 Å². The van der Waals surface area contributed by atoms with Gasteiger partial charge in [-0.2, -0.15) is 0 Å². The molecule has 0 N–H and O–H groups in total. The van der Waals surface area contributed by atoms with Crippen LogP contribution >= 0.6 is 0 Å². The monoisotopic (exact) mass is 298 g/mol. The third-order valence-electron chi connectivity index (χ3n) is 3.76. The van der Waals surface area contributed by atoms with E-state index in [4.69, 9.17) is 14.2 Å². The van der Waals surface area contributed by atoms with Gasteiger partial charge in [-0.3, -0.25) is 4.79 Å². The fourth-order valence-electron chi connectivity index (χ4n) is 2.69. The fraction of sp³-hybridized carbons (Fsp3) is 0.278. The second-order valence-corrected chi connectivity index (χ2v) is 5.26. The van der Waals surface area contributed by atoms with Crippen LogP contribution in [-0.4, -0.2) is 13.1 Å². The number of hydrogen-bond donors (Lipinski definition) is 0. The van der Waals surface area contributed by atoms with Crippen LogP contribution in [-0.2, 0) is 27.5 Å². The molecular formula is C18H18O4. The molecule has 114 valence electrons. The highest BCUT2D eigenvalue weighted by Crippen LogP contribution is 2.38. The van der Waals surface area contributed by atoms with E-state index in [1.54, 1.807) is 7.11 Å². The minimum atomic E-state index is -0.293. The van der Waals surface area contributed by atoms with Crippen molar-refractivity contribution >= 4 is 5.97 Å². The van der Waals surface area contributed by atoms with Gasteiger partial charge in [-0.15, -0.1) is 0 Å². The molecule has 0 fully saturated rings. The average molecular weight is 298 g/mol. The molecule has 1 atom stereocenters. The Bertz CT molecular complexity index is 693. The van der Waals surface area contributed by atoms with Gasteiger partial charge in [0.1, 0.15) is 25.1 Å². The lowest BCUT2D eigenvalue weighted by atomic mass is 9.96. The summed E-state index contributed by atoms with van der Waals surface area (Å²) >= 11 is 0. The Balaban J connectivity index is 1.96. The molecule has 1 aliphatic heterocycles. The summed E-state index contributed by atoms with van der Waals surface area (Å²) in [6.07, 6.45) is -0.156. The molecule has 0 amide bonds. The lowest BCUT2D eigenvalue weighted by Crippen LogP contribution is -2.05. The number of fused-ring (bicyclic) bond motifs is 2. The molecule has 0 saturated heterocycles. The summed E-state index contributed by atoms with van der Waals surface area (Å²) in [5.74, 6) is 0.478. The van der Waals surface area contributed by atoms with Gasteiger partial charge in [0.15, 0.2) is 0 Å². The molecule has 0 saturated carbocycles. The first kappa shape index (κ1) is 14.6. The largest absolute Gasteiger partial charge is 0.488 e. The summed E-state index contributed by atoms with van der Waals surface area (Å²) < 4.78 is 16.7. The van der Waals surface area contributed by atoms with E-state index in [0.29, 0.717) is 6.61 Å². The Kier molecular flexibility index (Phi) is 4.11. The lowest BCUT2D eigenvalue weighted by Gasteiger charge is -2.17. The highest BCUT2D eigenvalue weighted by atomic mass is 16.5. The van der Waals surface area contributed by atoms with Crippen LogP contribution in [0.15, 0.2) is 42.5 Å². The maximum atomic E-state index is 10.9. The van der Waals surface area contributed by atoms with Gasteiger partial charge >= 0.3 is 5.97 Å². The van der Waals surface area contributed by atoms with Crippen molar-refractivity contribution in [2.24, 2.45) is 0 Å². The maximum absolute atomic E-state index is 10.9. The fourth-order valence-corrected chi connectivity index (χ4v) is 2.69. The molecule has 1 heterocycles. The van der Waals surface area contributed by atoms with Crippen LogP contribution in [0.1, 0.15) is 35.3 Å². The zero-order valence-corrected chi connectivity index (χ0v) is 12.7. The quantitative estimate of drug-likeness (QED) is 0.815. The minimum absolute atomic E-state index is 0.156. The zero-order valence-electron chi connectivity index (χ0n) is 12.7. The first-order chi connectivity index (χ1) is 10.7.